The number of hydrogen-bond donors (Lipinski definition) is 2. The molecular formula is C15H12FNO4. The Bertz CT molecular complexity index is 700. The van der Waals surface area contributed by atoms with E-state index in [1.165, 1.54) is 24.3 Å². The normalized spacial score (nSPS) is 10.1. The van der Waals surface area contributed by atoms with Crippen molar-refractivity contribution in [2.45, 2.75) is 6.61 Å². The van der Waals surface area contributed by atoms with Gasteiger partial charge in [-0.05, 0) is 30.3 Å². The molecule has 0 aromatic heterocycles. The van der Waals surface area contributed by atoms with E-state index in [1.54, 1.807) is 12.1 Å². The third-order valence-corrected chi connectivity index (χ3v) is 2.83. The first-order chi connectivity index (χ1) is 9.99. The van der Waals surface area contributed by atoms with Crippen molar-refractivity contribution in [2.75, 3.05) is 0 Å². The molecule has 21 heavy (non-hydrogen) atoms. The van der Waals surface area contributed by atoms with Gasteiger partial charge in [-0.1, -0.05) is 12.1 Å². The fourth-order valence-electron chi connectivity index (χ4n) is 1.76. The number of para-hydroxylation sites is 1. The van der Waals surface area contributed by atoms with Gasteiger partial charge in [0.25, 0.3) is 0 Å². The fourth-order valence-corrected chi connectivity index (χ4v) is 1.76. The highest BCUT2D eigenvalue weighted by atomic mass is 19.1. The number of rotatable bonds is 5. The molecular weight excluding hydrogens is 277 g/mol. The summed E-state index contributed by atoms with van der Waals surface area (Å²) in [5, 5.41) is 9.02. The minimum Gasteiger partial charge on any atom is -0.488 e. The zero-order valence-corrected chi connectivity index (χ0v) is 10.9. The largest absolute Gasteiger partial charge is 0.488 e. The molecule has 2 aromatic rings. The molecule has 0 saturated heterocycles. The molecule has 0 atom stereocenters. The highest BCUT2D eigenvalue weighted by Crippen LogP contribution is 2.20. The predicted octanol–water partition coefficient (Wildman–Crippen LogP) is 2.20. The van der Waals surface area contributed by atoms with E-state index in [1.807, 2.05) is 0 Å². The fraction of sp³-hybridized carbons (Fsp3) is 0.0667. The number of ether oxygens (including phenoxy) is 1. The summed E-state index contributed by atoms with van der Waals surface area (Å²) in [6.45, 7) is -0.211. The lowest BCUT2D eigenvalue weighted by Gasteiger charge is -2.10. The van der Waals surface area contributed by atoms with Crippen LogP contribution in [0, 0.1) is 5.82 Å². The van der Waals surface area contributed by atoms with Crippen molar-refractivity contribution in [1.29, 1.82) is 0 Å². The molecule has 3 N–H and O–H groups in total. The molecule has 2 rings (SSSR count). The minimum atomic E-state index is -1.14. The maximum Gasteiger partial charge on any atom is 0.339 e. The Morgan fingerprint density at radius 1 is 1.19 bits per heavy atom. The highest BCUT2D eigenvalue weighted by molar-refractivity contribution is 5.93. The lowest BCUT2D eigenvalue weighted by Crippen LogP contribution is -2.12. The van der Waals surface area contributed by atoms with E-state index in [-0.39, 0.29) is 29.0 Å². The average molecular weight is 289 g/mol. The van der Waals surface area contributed by atoms with Gasteiger partial charge in [0.2, 0.25) is 5.91 Å². The van der Waals surface area contributed by atoms with E-state index in [2.05, 4.69) is 0 Å². The highest BCUT2D eigenvalue weighted by Gasteiger charge is 2.12. The molecule has 1 amide bonds. The molecule has 2 aromatic carbocycles. The summed E-state index contributed by atoms with van der Waals surface area (Å²) in [5.74, 6) is -2.26. The van der Waals surface area contributed by atoms with E-state index in [0.717, 1.165) is 6.07 Å². The molecule has 0 spiro atoms. The zero-order chi connectivity index (χ0) is 15.4. The zero-order valence-electron chi connectivity index (χ0n) is 10.9. The van der Waals surface area contributed by atoms with Crippen LogP contribution >= 0.6 is 0 Å². The monoisotopic (exact) mass is 289 g/mol. The van der Waals surface area contributed by atoms with Gasteiger partial charge in [0, 0.05) is 11.1 Å². The number of halogens is 1. The number of carboxylic acid groups (broad SMARTS) is 1. The summed E-state index contributed by atoms with van der Waals surface area (Å²) in [6.07, 6.45) is 0. The average Bonchev–Trinajstić information content (AvgIpc) is 2.46. The van der Waals surface area contributed by atoms with Crippen molar-refractivity contribution in [3.8, 4) is 5.75 Å². The van der Waals surface area contributed by atoms with Gasteiger partial charge in [-0.2, -0.15) is 0 Å². The minimum absolute atomic E-state index is 0.0241. The van der Waals surface area contributed by atoms with Gasteiger partial charge in [0.15, 0.2) is 0 Å². The molecule has 108 valence electrons. The molecule has 5 nitrogen and oxygen atoms in total. The molecule has 0 unspecified atom stereocenters. The number of aromatic carboxylic acids is 1. The maximum atomic E-state index is 13.6. The van der Waals surface area contributed by atoms with Crippen LogP contribution in [0.3, 0.4) is 0 Å². The number of hydrogen-bond acceptors (Lipinski definition) is 3. The number of carbonyl (C=O) groups excluding carboxylic acids is 1. The molecule has 0 saturated carbocycles. The Labute approximate surface area is 119 Å². The number of primary amides is 1. The first-order valence-corrected chi connectivity index (χ1v) is 6.02. The van der Waals surface area contributed by atoms with Gasteiger partial charge in [-0.25, -0.2) is 9.18 Å². The number of amides is 1. The summed E-state index contributed by atoms with van der Waals surface area (Å²) in [7, 11) is 0. The van der Waals surface area contributed by atoms with Gasteiger partial charge in [-0.3, -0.25) is 4.79 Å². The Hall–Kier alpha value is -2.89. The molecule has 6 heteroatoms. The standard InChI is InChI=1S/C15H12FNO4/c16-12-6-5-9(14(17)18)7-10(12)8-21-13-4-2-1-3-11(13)15(19)20/h1-7H,8H2,(H2,17,18)(H,19,20). The van der Waals surface area contributed by atoms with Crippen molar-refractivity contribution in [2.24, 2.45) is 5.73 Å². The van der Waals surface area contributed by atoms with Crippen LogP contribution in [0.5, 0.6) is 5.75 Å². The number of nitrogens with two attached hydrogens (primary N) is 1. The Morgan fingerprint density at radius 3 is 2.57 bits per heavy atom. The van der Waals surface area contributed by atoms with Crippen molar-refractivity contribution in [1.82, 2.24) is 0 Å². The van der Waals surface area contributed by atoms with Crippen LogP contribution in [-0.4, -0.2) is 17.0 Å². The molecule has 0 aliphatic heterocycles. The van der Waals surface area contributed by atoms with Crippen molar-refractivity contribution in [3.05, 3.63) is 65.0 Å². The summed E-state index contributed by atoms with van der Waals surface area (Å²) >= 11 is 0. The van der Waals surface area contributed by atoms with Crippen LogP contribution in [0.25, 0.3) is 0 Å². The molecule has 0 aliphatic rings. The van der Waals surface area contributed by atoms with Crippen LogP contribution in [-0.2, 0) is 6.61 Å². The molecule has 0 bridgehead atoms. The second-order valence-electron chi connectivity index (χ2n) is 4.26. The van der Waals surface area contributed by atoms with Gasteiger partial charge in [-0.15, -0.1) is 0 Å². The number of benzene rings is 2. The molecule has 0 fully saturated rings. The van der Waals surface area contributed by atoms with Gasteiger partial charge in [0.1, 0.15) is 23.7 Å². The topological polar surface area (TPSA) is 89.6 Å². The predicted molar refractivity (Wildman–Crippen MR) is 72.7 cm³/mol. The maximum absolute atomic E-state index is 13.6. The van der Waals surface area contributed by atoms with Crippen molar-refractivity contribution >= 4 is 11.9 Å². The van der Waals surface area contributed by atoms with E-state index < -0.39 is 17.7 Å². The Kier molecular flexibility index (Phi) is 4.18. The smallest absolute Gasteiger partial charge is 0.339 e. The second kappa shape index (κ2) is 6.04. The summed E-state index contributed by atoms with van der Waals surface area (Å²) in [5.41, 5.74) is 5.37. The lowest BCUT2D eigenvalue weighted by atomic mass is 10.1. The first-order valence-electron chi connectivity index (χ1n) is 6.02. The van der Waals surface area contributed by atoms with E-state index in [0.29, 0.717) is 0 Å². The third kappa shape index (κ3) is 3.36. The third-order valence-electron chi connectivity index (χ3n) is 2.83. The Balaban J connectivity index is 2.22. The van der Waals surface area contributed by atoms with Crippen LogP contribution in [0.15, 0.2) is 42.5 Å². The lowest BCUT2D eigenvalue weighted by molar-refractivity contribution is 0.0691. The van der Waals surface area contributed by atoms with Crippen LogP contribution in [0.4, 0.5) is 4.39 Å². The number of carboxylic acids is 1. The van der Waals surface area contributed by atoms with Gasteiger partial charge >= 0.3 is 5.97 Å². The first kappa shape index (κ1) is 14.5. The molecule has 0 heterocycles. The van der Waals surface area contributed by atoms with Crippen LogP contribution < -0.4 is 10.5 Å². The van der Waals surface area contributed by atoms with E-state index in [9.17, 15) is 14.0 Å². The molecule has 0 radical (unpaired) electrons. The second-order valence-corrected chi connectivity index (χ2v) is 4.26. The number of carbonyl (C=O) groups is 2. The van der Waals surface area contributed by atoms with E-state index in [4.69, 9.17) is 15.6 Å². The van der Waals surface area contributed by atoms with Gasteiger partial charge < -0.3 is 15.6 Å². The van der Waals surface area contributed by atoms with Crippen molar-refractivity contribution < 1.29 is 23.8 Å². The summed E-state index contributed by atoms with van der Waals surface area (Å²) in [4.78, 5) is 22.1. The Morgan fingerprint density at radius 2 is 1.90 bits per heavy atom. The van der Waals surface area contributed by atoms with Crippen LogP contribution in [0.2, 0.25) is 0 Å². The van der Waals surface area contributed by atoms with E-state index >= 15 is 0 Å². The SMILES string of the molecule is NC(=O)c1ccc(F)c(COc2ccccc2C(=O)O)c1. The summed E-state index contributed by atoms with van der Waals surface area (Å²) in [6, 6.07) is 9.69. The van der Waals surface area contributed by atoms with Crippen molar-refractivity contribution in [3.63, 3.8) is 0 Å². The van der Waals surface area contributed by atoms with Gasteiger partial charge in [0.05, 0.1) is 0 Å². The quantitative estimate of drug-likeness (QED) is 0.883. The summed E-state index contributed by atoms with van der Waals surface area (Å²) < 4.78 is 19.0. The molecule has 0 aliphatic carbocycles. The van der Waals surface area contributed by atoms with Crippen LogP contribution in [0.1, 0.15) is 26.3 Å².